The maximum atomic E-state index is 11.1. The Morgan fingerprint density at radius 3 is 2.92 bits per heavy atom. The first-order chi connectivity index (χ1) is 5.65. The molecule has 0 saturated carbocycles. The van der Waals surface area contributed by atoms with Crippen LogP contribution in [0, 0.1) is 3.57 Å². The number of carbonyl (C=O) groups excluding carboxylic acids is 1. The molecule has 12 heavy (non-hydrogen) atoms. The van der Waals surface area contributed by atoms with Crippen molar-refractivity contribution in [2.45, 2.75) is 0 Å². The summed E-state index contributed by atoms with van der Waals surface area (Å²) in [5, 5.41) is 2.83. The van der Waals surface area contributed by atoms with E-state index in [2.05, 4.69) is 32.9 Å². The van der Waals surface area contributed by atoms with E-state index in [0.717, 1.165) is 3.57 Å². The summed E-state index contributed by atoms with van der Waals surface area (Å²) >= 11 is 7.85. The van der Waals surface area contributed by atoms with Crippen LogP contribution in [0.1, 0.15) is 10.5 Å². The predicted molar refractivity (Wildman–Crippen MR) is 55.4 cm³/mol. The SMILES string of the molecule is CNC(=O)c1ncc(I)cc1Cl. The standard InChI is InChI=1S/C7H6ClIN2O/c1-10-7(12)6-5(8)2-4(9)3-11-6/h2-3H,1H3,(H,10,12). The van der Waals surface area contributed by atoms with Crippen molar-refractivity contribution < 1.29 is 4.79 Å². The first-order valence-corrected chi connectivity index (χ1v) is 4.64. The fourth-order valence-corrected chi connectivity index (χ4v) is 1.59. The smallest absolute Gasteiger partial charge is 0.271 e. The second-order valence-electron chi connectivity index (χ2n) is 2.06. The molecule has 1 aromatic rings. The van der Waals surface area contributed by atoms with Gasteiger partial charge >= 0.3 is 0 Å². The van der Waals surface area contributed by atoms with Gasteiger partial charge in [0, 0.05) is 16.8 Å². The van der Waals surface area contributed by atoms with Gasteiger partial charge in [0.1, 0.15) is 5.69 Å². The topological polar surface area (TPSA) is 42.0 Å². The third-order valence-electron chi connectivity index (χ3n) is 1.25. The molecular formula is C7H6ClIN2O. The van der Waals surface area contributed by atoms with Crippen LogP contribution in [-0.2, 0) is 0 Å². The molecule has 0 aromatic carbocycles. The van der Waals surface area contributed by atoms with E-state index in [1.165, 1.54) is 7.05 Å². The quantitative estimate of drug-likeness (QED) is 0.802. The van der Waals surface area contributed by atoms with Crippen molar-refractivity contribution in [2.75, 3.05) is 7.05 Å². The highest BCUT2D eigenvalue weighted by atomic mass is 127. The Morgan fingerprint density at radius 1 is 1.75 bits per heavy atom. The van der Waals surface area contributed by atoms with Gasteiger partial charge in [0.05, 0.1) is 5.02 Å². The summed E-state index contributed by atoms with van der Waals surface area (Å²) in [4.78, 5) is 15.0. The van der Waals surface area contributed by atoms with Crippen molar-refractivity contribution in [1.29, 1.82) is 0 Å². The molecule has 0 unspecified atom stereocenters. The average molecular weight is 296 g/mol. The summed E-state index contributed by atoms with van der Waals surface area (Å²) in [6, 6.07) is 1.69. The molecule has 1 heterocycles. The minimum Gasteiger partial charge on any atom is -0.354 e. The summed E-state index contributed by atoms with van der Waals surface area (Å²) in [7, 11) is 1.54. The van der Waals surface area contributed by atoms with Gasteiger partial charge in [0.15, 0.2) is 0 Å². The van der Waals surface area contributed by atoms with Crippen LogP contribution in [0.5, 0.6) is 0 Å². The maximum Gasteiger partial charge on any atom is 0.271 e. The van der Waals surface area contributed by atoms with Gasteiger partial charge in [-0.1, -0.05) is 11.6 Å². The maximum absolute atomic E-state index is 11.1. The van der Waals surface area contributed by atoms with Gasteiger partial charge in [-0.3, -0.25) is 4.79 Å². The molecule has 1 N–H and O–H groups in total. The van der Waals surface area contributed by atoms with Crippen LogP contribution in [0.15, 0.2) is 12.3 Å². The summed E-state index contributed by atoms with van der Waals surface area (Å²) < 4.78 is 0.908. The van der Waals surface area contributed by atoms with Crippen LogP contribution in [0.2, 0.25) is 5.02 Å². The number of nitrogens with one attached hydrogen (secondary N) is 1. The lowest BCUT2D eigenvalue weighted by molar-refractivity contribution is 0.0958. The minimum absolute atomic E-state index is 0.264. The van der Waals surface area contributed by atoms with Gasteiger partial charge < -0.3 is 5.32 Å². The lowest BCUT2D eigenvalue weighted by atomic mass is 10.3. The largest absolute Gasteiger partial charge is 0.354 e. The molecule has 1 rings (SSSR count). The summed E-state index contributed by atoms with van der Waals surface area (Å²) in [5.74, 6) is -0.267. The molecule has 1 amide bonds. The Balaban J connectivity index is 3.09. The van der Waals surface area contributed by atoms with E-state index in [1.807, 2.05) is 0 Å². The number of aromatic nitrogens is 1. The molecule has 0 radical (unpaired) electrons. The lowest BCUT2D eigenvalue weighted by Crippen LogP contribution is -2.19. The first-order valence-electron chi connectivity index (χ1n) is 3.18. The Kier molecular flexibility index (Phi) is 3.28. The molecule has 0 saturated heterocycles. The molecule has 5 heteroatoms. The van der Waals surface area contributed by atoms with Gasteiger partial charge in [0.2, 0.25) is 0 Å². The van der Waals surface area contributed by atoms with Gasteiger partial charge in [-0.05, 0) is 28.7 Å². The normalized spacial score (nSPS) is 9.58. The number of amides is 1. The van der Waals surface area contributed by atoms with E-state index in [1.54, 1.807) is 12.3 Å². The molecule has 0 bridgehead atoms. The van der Waals surface area contributed by atoms with Gasteiger partial charge in [-0.15, -0.1) is 0 Å². The van der Waals surface area contributed by atoms with Gasteiger partial charge in [-0.25, -0.2) is 4.98 Å². The number of carbonyl (C=O) groups is 1. The van der Waals surface area contributed by atoms with E-state index >= 15 is 0 Å². The zero-order valence-electron chi connectivity index (χ0n) is 6.27. The Labute approximate surface area is 88.7 Å². The molecule has 64 valence electrons. The molecule has 3 nitrogen and oxygen atoms in total. The first kappa shape index (κ1) is 9.73. The molecule has 0 spiro atoms. The Hall–Kier alpha value is -0.360. The summed E-state index contributed by atoms with van der Waals surface area (Å²) in [5.41, 5.74) is 0.264. The Morgan fingerprint density at radius 2 is 2.42 bits per heavy atom. The predicted octanol–water partition coefficient (Wildman–Crippen LogP) is 1.70. The minimum atomic E-state index is -0.267. The second-order valence-corrected chi connectivity index (χ2v) is 3.72. The van der Waals surface area contributed by atoms with Crippen molar-refractivity contribution in [3.8, 4) is 0 Å². The zero-order valence-corrected chi connectivity index (χ0v) is 9.18. The molecule has 0 aliphatic heterocycles. The second kappa shape index (κ2) is 4.04. The number of pyridine rings is 1. The molecule has 0 aliphatic rings. The number of hydrogen-bond acceptors (Lipinski definition) is 2. The molecule has 1 aromatic heterocycles. The highest BCUT2D eigenvalue weighted by Gasteiger charge is 2.09. The monoisotopic (exact) mass is 296 g/mol. The van der Waals surface area contributed by atoms with Crippen molar-refractivity contribution in [3.05, 3.63) is 26.5 Å². The van der Waals surface area contributed by atoms with Crippen LogP contribution in [0.4, 0.5) is 0 Å². The van der Waals surface area contributed by atoms with Crippen molar-refractivity contribution >= 4 is 40.1 Å². The fourth-order valence-electron chi connectivity index (χ4n) is 0.700. The molecule has 0 atom stereocenters. The highest BCUT2D eigenvalue weighted by molar-refractivity contribution is 14.1. The number of hydrogen-bond donors (Lipinski definition) is 1. The van der Waals surface area contributed by atoms with Crippen molar-refractivity contribution in [2.24, 2.45) is 0 Å². The van der Waals surface area contributed by atoms with Crippen molar-refractivity contribution in [1.82, 2.24) is 10.3 Å². The van der Waals surface area contributed by atoms with Crippen LogP contribution in [0.3, 0.4) is 0 Å². The van der Waals surface area contributed by atoms with E-state index in [4.69, 9.17) is 11.6 Å². The highest BCUT2D eigenvalue weighted by Crippen LogP contribution is 2.15. The van der Waals surface area contributed by atoms with Crippen LogP contribution in [-0.4, -0.2) is 17.9 Å². The van der Waals surface area contributed by atoms with Gasteiger partial charge in [-0.2, -0.15) is 0 Å². The van der Waals surface area contributed by atoms with E-state index in [-0.39, 0.29) is 11.6 Å². The van der Waals surface area contributed by atoms with E-state index < -0.39 is 0 Å². The average Bonchev–Trinajstić information content (AvgIpc) is 2.03. The van der Waals surface area contributed by atoms with E-state index in [0.29, 0.717) is 5.02 Å². The number of halogens is 2. The number of rotatable bonds is 1. The summed E-state index contributed by atoms with van der Waals surface area (Å²) in [6.45, 7) is 0. The molecular weight excluding hydrogens is 290 g/mol. The van der Waals surface area contributed by atoms with Crippen LogP contribution < -0.4 is 5.32 Å². The molecule has 0 fully saturated rings. The van der Waals surface area contributed by atoms with Crippen molar-refractivity contribution in [3.63, 3.8) is 0 Å². The lowest BCUT2D eigenvalue weighted by Gasteiger charge is -2.00. The number of nitrogens with zero attached hydrogens (tertiary/aromatic N) is 1. The third kappa shape index (κ3) is 2.07. The van der Waals surface area contributed by atoms with Gasteiger partial charge in [0.25, 0.3) is 5.91 Å². The summed E-state index contributed by atoms with van der Waals surface area (Å²) in [6.07, 6.45) is 1.59. The Bertz CT molecular complexity index is 316. The zero-order chi connectivity index (χ0) is 9.14. The third-order valence-corrected chi connectivity index (χ3v) is 2.13. The fraction of sp³-hybridized carbons (Fsp3) is 0.143. The molecule has 0 aliphatic carbocycles. The van der Waals surface area contributed by atoms with E-state index in [9.17, 15) is 4.79 Å². The van der Waals surface area contributed by atoms with Crippen LogP contribution in [0.25, 0.3) is 0 Å². The van der Waals surface area contributed by atoms with Crippen LogP contribution >= 0.6 is 34.2 Å².